The zero-order chi connectivity index (χ0) is 17.8. The number of likely N-dealkylation sites (tertiary alicyclic amines) is 1. The lowest BCUT2D eigenvalue weighted by atomic mass is 9.86. The molecule has 2 saturated heterocycles. The van der Waals surface area contributed by atoms with Gasteiger partial charge < -0.3 is 9.73 Å². The average Bonchev–Trinajstić information content (AvgIpc) is 3.07. The van der Waals surface area contributed by atoms with Crippen LogP contribution in [0.1, 0.15) is 31.4 Å². The number of nitrogens with one attached hydrogen (secondary N) is 1. The Morgan fingerprint density at radius 1 is 1.38 bits per heavy atom. The number of rotatable bonds is 3. The Morgan fingerprint density at radius 3 is 2.85 bits per heavy atom. The molecule has 2 unspecified atom stereocenters. The van der Waals surface area contributed by atoms with Crippen molar-refractivity contribution in [2.45, 2.75) is 49.1 Å². The van der Waals surface area contributed by atoms with Gasteiger partial charge in [0, 0.05) is 52.7 Å². The minimum Gasteiger partial charge on any atom is -0.444 e. The van der Waals surface area contributed by atoms with Crippen molar-refractivity contribution in [3.8, 4) is 6.07 Å². The fourth-order valence-electron chi connectivity index (χ4n) is 4.47. The van der Waals surface area contributed by atoms with Gasteiger partial charge in [-0.15, -0.1) is 0 Å². The Labute approximate surface area is 162 Å². The third-order valence-electron chi connectivity index (χ3n) is 6.05. The Kier molecular flexibility index (Phi) is 4.07. The van der Waals surface area contributed by atoms with Crippen LogP contribution < -0.4 is 5.32 Å². The maximum absolute atomic E-state index is 11.6. The van der Waals surface area contributed by atoms with Gasteiger partial charge in [-0.05, 0) is 41.6 Å². The number of aromatic nitrogens is 1. The zero-order valence-corrected chi connectivity index (χ0v) is 16.6. The summed E-state index contributed by atoms with van der Waals surface area (Å²) in [5.41, 5.74) is 0.618. The monoisotopic (exact) mass is 434 g/mol. The minimum atomic E-state index is -0.547. The van der Waals surface area contributed by atoms with Crippen molar-refractivity contribution in [1.29, 1.82) is 5.26 Å². The highest BCUT2D eigenvalue weighted by Crippen LogP contribution is 2.39. The van der Waals surface area contributed by atoms with Crippen LogP contribution in [0.15, 0.2) is 21.2 Å². The van der Waals surface area contributed by atoms with E-state index in [0.29, 0.717) is 34.7 Å². The summed E-state index contributed by atoms with van der Waals surface area (Å²) >= 11 is 3.60. The van der Waals surface area contributed by atoms with Crippen LogP contribution in [0.3, 0.4) is 0 Å². The predicted octanol–water partition coefficient (Wildman–Crippen LogP) is 3.00. The van der Waals surface area contributed by atoms with Crippen molar-refractivity contribution >= 4 is 43.5 Å². The fraction of sp³-hybridized carbons (Fsp3) is 0.556. The minimum absolute atomic E-state index is 0.296. The van der Waals surface area contributed by atoms with Gasteiger partial charge in [-0.25, -0.2) is 4.98 Å². The van der Waals surface area contributed by atoms with Gasteiger partial charge >= 0.3 is 0 Å². The van der Waals surface area contributed by atoms with E-state index < -0.39 is 10.8 Å². The maximum Gasteiger partial charge on any atom is 0.204 e. The molecule has 4 heterocycles. The molecule has 6 nitrogen and oxygen atoms in total. The highest BCUT2D eigenvalue weighted by Gasteiger charge is 2.53. The number of hydrogen-bond donors (Lipinski definition) is 1. The number of fused-ring (bicyclic) bond motifs is 2. The van der Waals surface area contributed by atoms with Crippen LogP contribution in [0.4, 0.5) is 5.82 Å². The second-order valence-electron chi connectivity index (χ2n) is 7.42. The molecule has 0 amide bonds. The molecule has 3 aliphatic rings. The molecule has 3 fully saturated rings. The normalized spacial score (nSPS) is 33.8. The molecule has 136 valence electrons. The smallest absolute Gasteiger partial charge is 0.204 e. The molecule has 0 spiro atoms. The molecule has 2 aromatic heterocycles. The average molecular weight is 435 g/mol. The van der Waals surface area contributed by atoms with Gasteiger partial charge in [0.1, 0.15) is 11.9 Å². The maximum atomic E-state index is 11.6. The molecule has 5 rings (SSSR count). The number of furan rings is 1. The summed E-state index contributed by atoms with van der Waals surface area (Å²) < 4.78 is 17.8. The first-order valence-electron chi connectivity index (χ1n) is 9.01. The SMILES string of the molecule is N#Cc1cc2c(Br)c(NC3CCC(N4CC5[C@@H]4CS5=O)CC3)ncc2o1. The number of pyridine rings is 1. The van der Waals surface area contributed by atoms with Crippen LogP contribution >= 0.6 is 15.9 Å². The van der Waals surface area contributed by atoms with Gasteiger partial charge in [0.2, 0.25) is 5.76 Å². The van der Waals surface area contributed by atoms with E-state index in [1.54, 1.807) is 12.3 Å². The second kappa shape index (κ2) is 6.32. The highest BCUT2D eigenvalue weighted by molar-refractivity contribution is 9.10. The summed E-state index contributed by atoms with van der Waals surface area (Å²) in [6.07, 6.45) is 6.26. The highest BCUT2D eigenvalue weighted by atomic mass is 79.9. The summed E-state index contributed by atoms with van der Waals surface area (Å²) in [5.74, 6) is 1.99. The number of anilines is 1. The van der Waals surface area contributed by atoms with E-state index in [1.807, 2.05) is 6.07 Å². The van der Waals surface area contributed by atoms with Crippen LogP contribution in [0, 0.1) is 11.3 Å². The van der Waals surface area contributed by atoms with Crippen molar-refractivity contribution in [1.82, 2.24) is 9.88 Å². The topological polar surface area (TPSA) is 82.2 Å². The van der Waals surface area contributed by atoms with Gasteiger partial charge in [0.25, 0.3) is 0 Å². The van der Waals surface area contributed by atoms with Crippen molar-refractivity contribution in [2.24, 2.45) is 0 Å². The Balaban J connectivity index is 1.23. The number of nitriles is 1. The number of nitrogens with zero attached hydrogens (tertiary/aromatic N) is 3. The molecule has 1 saturated carbocycles. The van der Waals surface area contributed by atoms with Crippen molar-refractivity contribution < 1.29 is 8.63 Å². The lowest BCUT2D eigenvalue weighted by Crippen LogP contribution is -2.74. The van der Waals surface area contributed by atoms with Crippen molar-refractivity contribution in [3.05, 3.63) is 22.5 Å². The molecule has 2 aromatic rings. The van der Waals surface area contributed by atoms with E-state index in [2.05, 4.69) is 31.1 Å². The van der Waals surface area contributed by atoms with E-state index in [4.69, 9.17) is 9.68 Å². The summed E-state index contributed by atoms with van der Waals surface area (Å²) in [6, 6.07) is 5.42. The van der Waals surface area contributed by atoms with Crippen LogP contribution in [0.25, 0.3) is 11.0 Å². The molecule has 26 heavy (non-hydrogen) atoms. The van der Waals surface area contributed by atoms with E-state index in [9.17, 15) is 4.21 Å². The molecule has 8 heteroatoms. The Bertz CT molecular complexity index is 931. The standard InChI is InChI=1S/C18H19BrN4O2S/c19-17-13-5-12(6-20)25-15(13)7-21-18(17)22-10-1-3-11(4-2-10)23-8-16-14(23)9-26(16)24/h5,7,10-11,14,16H,1-4,8-9H2,(H,21,22)/t10?,11?,14-,16?,26?/m0/s1. The van der Waals surface area contributed by atoms with Gasteiger partial charge in [-0.1, -0.05) is 0 Å². The summed E-state index contributed by atoms with van der Waals surface area (Å²) in [6.45, 7) is 1.03. The third-order valence-corrected chi connectivity index (χ3v) is 8.66. The third kappa shape index (κ3) is 2.60. The number of halogens is 1. The lowest BCUT2D eigenvalue weighted by Gasteiger charge is -2.58. The molecule has 0 radical (unpaired) electrons. The summed E-state index contributed by atoms with van der Waals surface area (Å²) in [7, 11) is -0.547. The van der Waals surface area contributed by atoms with Crippen LogP contribution in [0.2, 0.25) is 0 Å². The quantitative estimate of drug-likeness (QED) is 0.799. The lowest BCUT2D eigenvalue weighted by molar-refractivity contribution is 0.0279. The van der Waals surface area contributed by atoms with Crippen molar-refractivity contribution in [3.63, 3.8) is 0 Å². The molecule has 0 aromatic carbocycles. The molecule has 2 aliphatic heterocycles. The predicted molar refractivity (Wildman–Crippen MR) is 103 cm³/mol. The first-order valence-corrected chi connectivity index (χ1v) is 11.2. The molecule has 1 aliphatic carbocycles. The van der Waals surface area contributed by atoms with E-state index in [1.165, 1.54) is 12.8 Å². The van der Waals surface area contributed by atoms with Crippen molar-refractivity contribution in [2.75, 3.05) is 17.6 Å². The fourth-order valence-corrected chi connectivity index (χ4v) is 6.59. The molecular weight excluding hydrogens is 416 g/mol. The van der Waals surface area contributed by atoms with Gasteiger partial charge in [0.05, 0.1) is 15.9 Å². The first-order chi connectivity index (χ1) is 12.6. The van der Waals surface area contributed by atoms with Gasteiger partial charge in [-0.3, -0.25) is 9.11 Å². The largest absolute Gasteiger partial charge is 0.444 e. The van der Waals surface area contributed by atoms with Crippen LogP contribution in [0.5, 0.6) is 0 Å². The van der Waals surface area contributed by atoms with Gasteiger partial charge in [-0.2, -0.15) is 5.26 Å². The van der Waals surface area contributed by atoms with Crippen LogP contribution in [-0.2, 0) is 10.8 Å². The van der Waals surface area contributed by atoms with Crippen LogP contribution in [-0.4, -0.2) is 49.8 Å². The molecule has 1 N–H and O–H groups in total. The first kappa shape index (κ1) is 16.7. The number of hydrogen-bond acceptors (Lipinski definition) is 6. The molecular formula is C18H19BrN4O2S. The Hall–Kier alpha value is -1.43. The summed E-state index contributed by atoms with van der Waals surface area (Å²) in [5, 5.41) is 13.9. The van der Waals surface area contributed by atoms with Gasteiger partial charge in [0.15, 0.2) is 5.58 Å². The summed E-state index contributed by atoms with van der Waals surface area (Å²) in [4.78, 5) is 7.04. The van der Waals surface area contributed by atoms with E-state index in [0.717, 1.165) is 40.8 Å². The van der Waals surface area contributed by atoms with E-state index >= 15 is 0 Å². The zero-order valence-electron chi connectivity index (χ0n) is 14.2. The Morgan fingerprint density at radius 2 is 2.19 bits per heavy atom. The second-order valence-corrected chi connectivity index (χ2v) is 9.91. The molecule has 3 atom stereocenters. The molecule has 0 bridgehead atoms. The van der Waals surface area contributed by atoms with E-state index in [-0.39, 0.29) is 0 Å².